The highest BCUT2D eigenvalue weighted by atomic mass is 15.2. The van der Waals surface area contributed by atoms with Crippen LogP contribution < -0.4 is 11.1 Å². The molecule has 0 saturated carbocycles. The third-order valence-electron chi connectivity index (χ3n) is 3.60. The van der Waals surface area contributed by atoms with Crippen molar-refractivity contribution < 1.29 is 0 Å². The minimum absolute atomic E-state index is 0.582. The smallest absolute Gasteiger partial charge is 0.101 e. The Bertz CT molecular complexity index is 450. The molecule has 0 radical (unpaired) electrons. The molecule has 1 atom stereocenters. The second kappa shape index (κ2) is 5.74. The highest BCUT2D eigenvalue weighted by Gasteiger charge is 2.22. The van der Waals surface area contributed by atoms with Crippen LogP contribution in [0, 0.1) is 11.3 Å². The number of nitrogen functional groups attached to an aromatic ring is 1. The predicted octanol–water partition coefficient (Wildman–Crippen LogP) is 2.04. The second-order valence-electron chi connectivity index (χ2n) is 4.72. The topological polar surface area (TPSA) is 65.1 Å². The Balaban J connectivity index is 2.00. The van der Waals surface area contributed by atoms with Crippen LogP contribution in [0.1, 0.15) is 25.3 Å². The Morgan fingerprint density at radius 2 is 2.39 bits per heavy atom. The number of likely N-dealkylation sites (tertiary alicyclic amines) is 1. The number of hydrogen-bond acceptors (Lipinski definition) is 4. The van der Waals surface area contributed by atoms with Crippen LogP contribution in [0.5, 0.6) is 0 Å². The van der Waals surface area contributed by atoms with E-state index in [0.29, 0.717) is 17.3 Å². The lowest BCUT2D eigenvalue weighted by Crippen LogP contribution is -2.34. The zero-order valence-electron chi connectivity index (χ0n) is 10.8. The van der Waals surface area contributed by atoms with Crippen LogP contribution in [-0.2, 0) is 0 Å². The number of nitrogens with two attached hydrogens (primary N) is 1. The van der Waals surface area contributed by atoms with Crippen molar-refractivity contribution in [3.05, 3.63) is 23.8 Å². The third kappa shape index (κ3) is 2.74. The molecule has 1 unspecified atom stereocenters. The first-order valence-electron chi connectivity index (χ1n) is 6.52. The number of nitriles is 1. The summed E-state index contributed by atoms with van der Waals surface area (Å²) in [7, 11) is 0. The van der Waals surface area contributed by atoms with Gasteiger partial charge in [-0.15, -0.1) is 0 Å². The normalized spacial score (nSPS) is 19.7. The summed E-state index contributed by atoms with van der Waals surface area (Å²) < 4.78 is 0. The van der Waals surface area contributed by atoms with Gasteiger partial charge in [-0.3, -0.25) is 4.90 Å². The molecule has 4 nitrogen and oxygen atoms in total. The minimum Gasteiger partial charge on any atom is -0.399 e. The van der Waals surface area contributed by atoms with Gasteiger partial charge in [0.05, 0.1) is 11.3 Å². The van der Waals surface area contributed by atoms with Gasteiger partial charge in [0.25, 0.3) is 0 Å². The average molecular weight is 244 g/mol. The van der Waals surface area contributed by atoms with Gasteiger partial charge in [-0.05, 0) is 44.1 Å². The molecule has 0 amide bonds. The fourth-order valence-electron chi connectivity index (χ4n) is 2.58. The maximum atomic E-state index is 9.08. The van der Waals surface area contributed by atoms with E-state index in [-0.39, 0.29) is 0 Å². The minimum atomic E-state index is 0.582. The summed E-state index contributed by atoms with van der Waals surface area (Å²) in [6.07, 6.45) is 2.50. The number of nitrogens with zero attached hydrogens (tertiary/aromatic N) is 2. The highest BCUT2D eigenvalue weighted by molar-refractivity contribution is 5.62. The number of likely N-dealkylation sites (N-methyl/N-ethyl adjacent to an activating group) is 1. The predicted molar refractivity (Wildman–Crippen MR) is 74.3 cm³/mol. The van der Waals surface area contributed by atoms with E-state index >= 15 is 0 Å². The van der Waals surface area contributed by atoms with Crippen molar-refractivity contribution in [3.8, 4) is 6.07 Å². The highest BCUT2D eigenvalue weighted by Crippen LogP contribution is 2.21. The van der Waals surface area contributed by atoms with Crippen LogP contribution in [0.2, 0.25) is 0 Å². The van der Waals surface area contributed by atoms with E-state index in [1.165, 1.54) is 19.4 Å². The second-order valence-corrected chi connectivity index (χ2v) is 4.72. The maximum absolute atomic E-state index is 9.08. The SMILES string of the molecule is CCN1CCCC1CNc1ccc(N)cc1C#N. The summed E-state index contributed by atoms with van der Waals surface area (Å²) in [6.45, 7) is 5.38. The summed E-state index contributed by atoms with van der Waals surface area (Å²) in [6, 6.07) is 8.20. The summed E-state index contributed by atoms with van der Waals surface area (Å²) in [4.78, 5) is 2.48. The fourth-order valence-corrected chi connectivity index (χ4v) is 2.58. The Morgan fingerprint density at radius 3 is 3.11 bits per heavy atom. The molecule has 3 N–H and O–H groups in total. The van der Waals surface area contributed by atoms with Gasteiger partial charge in [0.15, 0.2) is 0 Å². The molecule has 1 aromatic rings. The van der Waals surface area contributed by atoms with Gasteiger partial charge in [0.1, 0.15) is 6.07 Å². The molecule has 1 aromatic carbocycles. The molecule has 4 heteroatoms. The monoisotopic (exact) mass is 244 g/mol. The van der Waals surface area contributed by atoms with Crippen molar-refractivity contribution in [2.24, 2.45) is 0 Å². The van der Waals surface area contributed by atoms with Crippen molar-refractivity contribution in [3.63, 3.8) is 0 Å². The van der Waals surface area contributed by atoms with Crippen molar-refractivity contribution in [1.82, 2.24) is 4.90 Å². The number of hydrogen-bond donors (Lipinski definition) is 2. The Kier molecular flexibility index (Phi) is 4.06. The van der Waals surface area contributed by atoms with Crippen LogP contribution in [0.3, 0.4) is 0 Å². The molecule has 0 aromatic heterocycles. The Labute approximate surface area is 108 Å². The molecule has 2 rings (SSSR count). The molecule has 96 valence electrons. The van der Waals surface area contributed by atoms with Gasteiger partial charge >= 0.3 is 0 Å². The van der Waals surface area contributed by atoms with E-state index in [1.54, 1.807) is 6.07 Å². The van der Waals surface area contributed by atoms with E-state index in [2.05, 4.69) is 23.2 Å². The molecule has 0 bridgehead atoms. The van der Waals surface area contributed by atoms with E-state index in [0.717, 1.165) is 18.8 Å². The first kappa shape index (κ1) is 12.7. The van der Waals surface area contributed by atoms with Crippen molar-refractivity contribution in [2.75, 3.05) is 30.7 Å². The average Bonchev–Trinajstić information content (AvgIpc) is 2.84. The maximum Gasteiger partial charge on any atom is 0.101 e. The van der Waals surface area contributed by atoms with Crippen LogP contribution in [0.4, 0.5) is 11.4 Å². The third-order valence-corrected chi connectivity index (χ3v) is 3.60. The quantitative estimate of drug-likeness (QED) is 0.795. The lowest BCUT2D eigenvalue weighted by atomic mass is 10.1. The first-order chi connectivity index (χ1) is 8.74. The lowest BCUT2D eigenvalue weighted by molar-refractivity contribution is 0.277. The van der Waals surface area contributed by atoms with Gasteiger partial charge < -0.3 is 11.1 Å². The summed E-state index contributed by atoms with van der Waals surface area (Å²) in [5.41, 5.74) is 7.82. The van der Waals surface area contributed by atoms with Crippen molar-refractivity contribution >= 4 is 11.4 Å². The van der Waals surface area contributed by atoms with Gasteiger partial charge in [0.2, 0.25) is 0 Å². The Hall–Kier alpha value is -1.73. The first-order valence-corrected chi connectivity index (χ1v) is 6.52. The molecule has 0 aliphatic carbocycles. The van der Waals surface area contributed by atoms with Crippen LogP contribution >= 0.6 is 0 Å². The molecule has 1 aliphatic rings. The van der Waals surface area contributed by atoms with E-state index in [4.69, 9.17) is 11.0 Å². The number of benzene rings is 1. The number of nitrogens with one attached hydrogen (secondary N) is 1. The molecular formula is C14H20N4. The van der Waals surface area contributed by atoms with Crippen LogP contribution in [0.25, 0.3) is 0 Å². The number of anilines is 2. The molecule has 1 heterocycles. The van der Waals surface area contributed by atoms with Crippen molar-refractivity contribution in [1.29, 1.82) is 5.26 Å². The zero-order valence-corrected chi connectivity index (χ0v) is 10.8. The van der Waals surface area contributed by atoms with Gasteiger partial charge in [0, 0.05) is 18.3 Å². The fraction of sp³-hybridized carbons (Fsp3) is 0.500. The van der Waals surface area contributed by atoms with Gasteiger partial charge in [-0.25, -0.2) is 0 Å². The standard InChI is InChI=1S/C14H20N4/c1-2-18-7-3-4-13(18)10-17-14-6-5-12(16)8-11(14)9-15/h5-6,8,13,17H,2-4,7,10,16H2,1H3. The Morgan fingerprint density at radius 1 is 1.56 bits per heavy atom. The molecule has 18 heavy (non-hydrogen) atoms. The zero-order chi connectivity index (χ0) is 13.0. The molecule has 0 spiro atoms. The molecule has 1 fully saturated rings. The van der Waals surface area contributed by atoms with E-state index in [9.17, 15) is 0 Å². The molecule has 1 aliphatic heterocycles. The lowest BCUT2D eigenvalue weighted by Gasteiger charge is -2.23. The summed E-state index contributed by atoms with van der Waals surface area (Å²) >= 11 is 0. The summed E-state index contributed by atoms with van der Waals surface area (Å²) in [5, 5.41) is 12.5. The molecular weight excluding hydrogens is 224 g/mol. The van der Waals surface area contributed by atoms with Crippen molar-refractivity contribution in [2.45, 2.75) is 25.8 Å². The molecule has 1 saturated heterocycles. The van der Waals surface area contributed by atoms with E-state index < -0.39 is 0 Å². The van der Waals surface area contributed by atoms with Crippen LogP contribution in [-0.4, -0.2) is 30.6 Å². The van der Waals surface area contributed by atoms with Crippen LogP contribution in [0.15, 0.2) is 18.2 Å². The van der Waals surface area contributed by atoms with E-state index in [1.807, 2.05) is 12.1 Å². The van der Waals surface area contributed by atoms with Gasteiger partial charge in [-0.1, -0.05) is 6.92 Å². The summed E-state index contributed by atoms with van der Waals surface area (Å²) in [5.74, 6) is 0. The largest absolute Gasteiger partial charge is 0.399 e. The number of rotatable bonds is 4. The van der Waals surface area contributed by atoms with Gasteiger partial charge in [-0.2, -0.15) is 5.26 Å².